The number of hydrogen-bond donors (Lipinski definition) is 1. The Labute approximate surface area is 189 Å². The molecule has 0 spiro atoms. The Morgan fingerprint density at radius 1 is 1.12 bits per heavy atom. The van der Waals surface area contributed by atoms with E-state index in [9.17, 15) is 13.2 Å². The molecule has 0 aliphatic rings. The molecule has 0 atom stereocenters. The topological polar surface area (TPSA) is 97.2 Å². The summed E-state index contributed by atoms with van der Waals surface area (Å²) in [6, 6.07) is 5.02. The highest BCUT2D eigenvalue weighted by Gasteiger charge is 2.24. The average molecular weight is 458 g/mol. The number of sulfonamides is 1. The third-order valence-electron chi connectivity index (χ3n) is 5.66. The van der Waals surface area contributed by atoms with Gasteiger partial charge < -0.3 is 5.32 Å². The molecule has 3 rings (SSSR count). The van der Waals surface area contributed by atoms with Crippen molar-refractivity contribution in [2.75, 3.05) is 18.4 Å². The van der Waals surface area contributed by atoms with Crippen LogP contribution in [0.25, 0.3) is 11.0 Å². The van der Waals surface area contributed by atoms with Crippen LogP contribution < -0.4 is 5.32 Å². The van der Waals surface area contributed by atoms with Crippen molar-refractivity contribution in [3.63, 3.8) is 0 Å². The predicted molar refractivity (Wildman–Crippen MR) is 127 cm³/mol. The van der Waals surface area contributed by atoms with Crippen molar-refractivity contribution in [2.45, 2.75) is 59.4 Å². The fourth-order valence-corrected chi connectivity index (χ4v) is 5.29. The predicted octanol–water partition coefficient (Wildman–Crippen LogP) is 4.22. The van der Waals surface area contributed by atoms with E-state index >= 15 is 0 Å². The van der Waals surface area contributed by atoms with E-state index in [0.29, 0.717) is 41.1 Å². The molecule has 0 bridgehead atoms. The molecule has 0 aliphatic carbocycles. The number of aromatic nitrogens is 3. The normalized spacial score (nSPS) is 12.2. The molecule has 0 fully saturated rings. The first kappa shape index (κ1) is 23.9. The molecule has 3 aromatic rings. The first-order chi connectivity index (χ1) is 15.0. The number of fused-ring (bicyclic) bond motifs is 1. The Balaban J connectivity index is 2.07. The van der Waals surface area contributed by atoms with Crippen LogP contribution in [0.4, 0.5) is 5.69 Å². The number of nitrogens with one attached hydrogen (secondary N) is 1. The van der Waals surface area contributed by atoms with Crippen molar-refractivity contribution in [3.8, 4) is 0 Å². The van der Waals surface area contributed by atoms with Gasteiger partial charge in [0, 0.05) is 30.5 Å². The number of carbonyl (C=O) groups excluding carboxylic acids is 1. The summed E-state index contributed by atoms with van der Waals surface area (Å²) in [6.07, 6.45) is 1.65. The fourth-order valence-electron chi connectivity index (χ4n) is 3.72. The molecule has 1 N–H and O–H groups in total. The van der Waals surface area contributed by atoms with Crippen LogP contribution in [0.5, 0.6) is 0 Å². The molecule has 0 unspecified atom stereocenters. The van der Waals surface area contributed by atoms with Crippen molar-refractivity contribution in [2.24, 2.45) is 0 Å². The summed E-state index contributed by atoms with van der Waals surface area (Å²) in [6.45, 7) is 13.9. The first-order valence-electron chi connectivity index (χ1n) is 10.8. The number of nitrogens with zero attached hydrogens (tertiary/aromatic N) is 4. The molecular weight excluding hydrogens is 426 g/mol. The zero-order valence-corrected chi connectivity index (χ0v) is 20.5. The van der Waals surface area contributed by atoms with Gasteiger partial charge in [0.1, 0.15) is 0 Å². The molecule has 172 valence electrons. The lowest BCUT2D eigenvalue weighted by Gasteiger charge is -2.20. The number of benzene rings is 1. The van der Waals surface area contributed by atoms with Crippen molar-refractivity contribution >= 4 is 32.7 Å². The van der Waals surface area contributed by atoms with Crippen LogP contribution >= 0.6 is 0 Å². The zero-order chi connectivity index (χ0) is 23.8. The van der Waals surface area contributed by atoms with E-state index in [1.165, 1.54) is 10.4 Å². The second-order valence-electron chi connectivity index (χ2n) is 8.19. The number of rotatable bonds is 7. The number of hydrogen-bond acceptors (Lipinski definition) is 5. The molecule has 0 saturated heterocycles. The largest absolute Gasteiger partial charge is 0.322 e. The van der Waals surface area contributed by atoms with Gasteiger partial charge in [-0.1, -0.05) is 13.8 Å². The molecule has 1 aromatic carbocycles. The molecule has 9 heteroatoms. The van der Waals surface area contributed by atoms with Crippen LogP contribution in [0.3, 0.4) is 0 Å². The van der Waals surface area contributed by atoms with E-state index in [-0.39, 0.29) is 16.8 Å². The Morgan fingerprint density at radius 3 is 2.38 bits per heavy atom. The Kier molecular flexibility index (Phi) is 6.71. The summed E-state index contributed by atoms with van der Waals surface area (Å²) < 4.78 is 29.3. The van der Waals surface area contributed by atoms with Crippen LogP contribution in [-0.4, -0.2) is 46.5 Å². The van der Waals surface area contributed by atoms with Gasteiger partial charge >= 0.3 is 0 Å². The molecule has 1 amide bonds. The Hall–Kier alpha value is -2.78. The third kappa shape index (κ3) is 4.27. The van der Waals surface area contributed by atoms with Gasteiger partial charge in [0.2, 0.25) is 10.0 Å². The van der Waals surface area contributed by atoms with Crippen LogP contribution in [0, 0.1) is 20.8 Å². The summed E-state index contributed by atoms with van der Waals surface area (Å²) in [5.41, 5.74) is 3.88. The quantitative estimate of drug-likeness (QED) is 0.573. The van der Waals surface area contributed by atoms with Crippen molar-refractivity contribution in [1.82, 2.24) is 19.1 Å². The minimum absolute atomic E-state index is 0.101. The van der Waals surface area contributed by atoms with E-state index in [1.54, 1.807) is 36.9 Å². The van der Waals surface area contributed by atoms with Gasteiger partial charge in [0.15, 0.2) is 5.65 Å². The molecule has 2 aromatic heterocycles. The number of amides is 1. The number of anilines is 1. The maximum Gasteiger partial charge on any atom is 0.256 e. The van der Waals surface area contributed by atoms with E-state index in [1.807, 2.05) is 34.6 Å². The minimum Gasteiger partial charge on any atom is -0.322 e. The van der Waals surface area contributed by atoms with E-state index < -0.39 is 10.0 Å². The molecule has 8 nitrogen and oxygen atoms in total. The monoisotopic (exact) mass is 457 g/mol. The molecule has 0 aliphatic heterocycles. The molecule has 0 saturated carbocycles. The van der Waals surface area contributed by atoms with Crippen LogP contribution in [0.2, 0.25) is 0 Å². The van der Waals surface area contributed by atoms with E-state index in [0.717, 1.165) is 11.1 Å². The number of carbonyl (C=O) groups is 1. The van der Waals surface area contributed by atoms with Crippen molar-refractivity contribution in [1.29, 1.82) is 0 Å². The lowest BCUT2D eigenvalue weighted by atomic mass is 10.1. The standard InChI is InChI=1S/C23H31N5O3S/c1-8-27(9-2)32(30,31)18-10-15(5)17(7)21(12-18)26-23(29)19-11-16(6)25-22-20(19)13-24-28(22)14(3)4/h10-14H,8-9H2,1-7H3,(H,26,29). The smallest absolute Gasteiger partial charge is 0.256 e. The summed E-state index contributed by atoms with van der Waals surface area (Å²) in [4.78, 5) is 18.0. The molecule has 32 heavy (non-hydrogen) atoms. The maximum atomic E-state index is 13.3. The molecular formula is C23H31N5O3S. The SMILES string of the molecule is CCN(CC)S(=O)(=O)c1cc(C)c(C)c(NC(=O)c2cc(C)nc3c2cnn3C(C)C)c1. The average Bonchev–Trinajstić information content (AvgIpc) is 3.15. The fraction of sp³-hybridized carbons (Fsp3) is 0.435. The third-order valence-corrected chi connectivity index (χ3v) is 7.69. The van der Waals surface area contributed by atoms with Gasteiger partial charge in [0.05, 0.1) is 22.0 Å². The molecule has 2 heterocycles. The Bertz CT molecular complexity index is 1270. The second kappa shape index (κ2) is 8.99. The Morgan fingerprint density at radius 2 is 1.78 bits per heavy atom. The van der Waals surface area contributed by atoms with E-state index in [2.05, 4.69) is 15.4 Å². The van der Waals surface area contributed by atoms with Crippen LogP contribution in [0.1, 0.15) is 60.9 Å². The summed E-state index contributed by atoms with van der Waals surface area (Å²) in [5.74, 6) is -0.330. The highest BCUT2D eigenvalue weighted by molar-refractivity contribution is 7.89. The highest BCUT2D eigenvalue weighted by atomic mass is 32.2. The first-order valence-corrected chi connectivity index (χ1v) is 12.2. The molecule has 0 radical (unpaired) electrons. The van der Waals surface area contributed by atoms with Gasteiger partial charge in [-0.25, -0.2) is 18.1 Å². The second-order valence-corrected chi connectivity index (χ2v) is 10.1. The van der Waals surface area contributed by atoms with E-state index in [4.69, 9.17) is 0 Å². The number of pyridine rings is 1. The highest BCUT2D eigenvalue weighted by Crippen LogP contribution is 2.28. The summed E-state index contributed by atoms with van der Waals surface area (Å²) in [7, 11) is -3.65. The lowest BCUT2D eigenvalue weighted by Crippen LogP contribution is -2.30. The maximum absolute atomic E-state index is 13.3. The summed E-state index contributed by atoms with van der Waals surface area (Å²) >= 11 is 0. The van der Waals surface area contributed by atoms with Crippen LogP contribution in [0.15, 0.2) is 29.3 Å². The summed E-state index contributed by atoms with van der Waals surface area (Å²) in [5, 5.41) is 7.97. The number of aryl methyl sites for hydroxylation is 2. The minimum atomic E-state index is -3.65. The van der Waals surface area contributed by atoms with Gasteiger partial charge in [-0.2, -0.15) is 9.40 Å². The van der Waals surface area contributed by atoms with Gasteiger partial charge in [-0.15, -0.1) is 0 Å². The van der Waals surface area contributed by atoms with Gasteiger partial charge in [-0.05, 0) is 63.9 Å². The van der Waals surface area contributed by atoms with Crippen molar-refractivity contribution in [3.05, 3.63) is 46.8 Å². The zero-order valence-electron chi connectivity index (χ0n) is 19.7. The lowest BCUT2D eigenvalue weighted by molar-refractivity contribution is 0.102. The van der Waals surface area contributed by atoms with Gasteiger partial charge in [0.25, 0.3) is 5.91 Å². The van der Waals surface area contributed by atoms with Gasteiger partial charge in [-0.3, -0.25) is 4.79 Å². The van der Waals surface area contributed by atoms with Crippen LogP contribution in [-0.2, 0) is 10.0 Å². The van der Waals surface area contributed by atoms with Crippen molar-refractivity contribution < 1.29 is 13.2 Å².